The predicted molar refractivity (Wildman–Crippen MR) is 96.1 cm³/mol. The maximum Gasteiger partial charge on any atom is 0.256 e. The van der Waals surface area contributed by atoms with Crippen LogP contribution in [0.2, 0.25) is 0 Å². The molecule has 25 heavy (non-hydrogen) atoms. The summed E-state index contributed by atoms with van der Waals surface area (Å²) in [5, 5.41) is 7.83. The third kappa shape index (κ3) is 2.55. The molecule has 4 rings (SSSR count). The molecule has 2 aromatic rings. The highest BCUT2D eigenvalue weighted by Gasteiger charge is 2.33. The van der Waals surface area contributed by atoms with Crippen LogP contribution in [0.4, 0.5) is 11.5 Å². The van der Waals surface area contributed by atoms with Crippen LogP contribution in [0, 0.1) is 0 Å². The van der Waals surface area contributed by atoms with Crippen molar-refractivity contribution in [2.75, 3.05) is 24.7 Å². The fourth-order valence-corrected chi connectivity index (χ4v) is 3.89. The Morgan fingerprint density at radius 1 is 1.40 bits per heavy atom. The minimum atomic E-state index is -0.288. The van der Waals surface area contributed by atoms with Crippen molar-refractivity contribution in [1.29, 1.82) is 0 Å². The van der Waals surface area contributed by atoms with Gasteiger partial charge in [0, 0.05) is 24.6 Å². The van der Waals surface area contributed by atoms with Gasteiger partial charge in [0.15, 0.2) is 0 Å². The van der Waals surface area contributed by atoms with E-state index in [2.05, 4.69) is 10.4 Å². The van der Waals surface area contributed by atoms with E-state index in [4.69, 9.17) is 16.2 Å². The number of ether oxygens (including phenoxy) is 1. The van der Waals surface area contributed by atoms with Gasteiger partial charge in [-0.15, -0.1) is 0 Å². The second kappa shape index (κ2) is 6.07. The summed E-state index contributed by atoms with van der Waals surface area (Å²) in [6, 6.07) is 5.85. The first-order valence-corrected chi connectivity index (χ1v) is 8.67. The molecule has 0 fully saturated rings. The number of nitrogen functional groups attached to an aromatic ring is 1. The fraction of sp³-hybridized carbons (Fsp3) is 0.444. The van der Waals surface area contributed by atoms with E-state index in [0.717, 1.165) is 41.1 Å². The van der Waals surface area contributed by atoms with E-state index in [1.807, 2.05) is 18.2 Å². The van der Waals surface area contributed by atoms with Gasteiger partial charge in [-0.05, 0) is 30.9 Å². The normalized spacial score (nSPS) is 21.8. The van der Waals surface area contributed by atoms with E-state index in [9.17, 15) is 4.79 Å². The lowest BCUT2D eigenvalue weighted by Gasteiger charge is -2.27. The number of nitrogens with zero attached hydrogens (tertiary/aromatic N) is 2. The fourth-order valence-electron chi connectivity index (χ4n) is 3.89. The summed E-state index contributed by atoms with van der Waals surface area (Å²) in [5.74, 6) is 0.837. The number of nitrogens with one attached hydrogen (secondary N) is 1. The molecule has 0 amide bonds. The molecule has 1 unspecified atom stereocenters. The summed E-state index contributed by atoms with van der Waals surface area (Å²) < 4.78 is 6.80. The van der Waals surface area contributed by atoms with E-state index in [1.54, 1.807) is 7.11 Å². The van der Waals surface area contributed by atoms with Crippen molar-refractivity contribution in [3.63, 3.8) is 0 Å². The van der Waals surface area contributed by atoms with Gasteiger partial charge in [0.25, 0.3) is 5.91 Å². The Labute approximate surface area is 146 Å². The van der Waals surface area contributed by atoms with Gasteiger partial charge in [-0.2, -0.15) is 9.78 Å². The zero-order chi connectivity index (χ0) is 17.6. The average Bonchev–Trinajstić information content (AvgIpc) is 2.96. The van der Waals surface area contributed by atoms with E-state index in [-0.39, 0.29) is 17.9 Å². The first-order chi connectivity index (χ1) is 12.1. The van der Waals surface area contributed by atoms with Crippen LogP contribution in [0.15, 0.2) is 18.2 Å². The Morgan fingerprint density at radius 3 is 3.04 bits per heavy atom. The first-order valence-electron chi connectivity index (χ1n) is 8.67. The number of nitrogens with two attached hydrogens (primary N) is 2. The molecule has 5 N–H and O–H groups in total. The van der Waals surface area contributed by atoms with Crippen LogP contribution in [-0.2, 0) is 12.8 Å². The van der Waals surface area contributed by atoms with Gasteiger partial charge in [0.2, 0.25) is 0 Å². The Hall–Kier alpha value is -2.54. The van der Waals surface area contributed by atoms with Crippen LogP contribution < -0.4 is 21.5 Å². The van der Waals surface area contributed by atoms with Gasteiger partial charge >= 0.3 is 0 Å². The number of carbonyl (C=O) groups is 1. The van der Waals surface area contributed by atoms with Gasteiger partial charge in [-0.25, -0.2) is 0 Å². The highest BCUT2D eigenvalue weighted by Crippen LogP contribution is 2.39. The lowest BCUT2D eigenvalue weighted by molar-refractivity contribution is 0.0859. The smallest absolute Gasteiger partial charge is 0.256 e. The first kappa shape index (κ1) is 16.0. The number of hydrogen-bond acceptors (Lipinski definition) is 6. The molecule has 1 aromatic carbocycles. The zero-order valence-corrected chi connectivity index (χ0v) is 14.3. The molecule has 2 aliphatic rings. The Bertz CT molecular complexity index is 829. The molecule has 132 valence electrons. The quantitative estimate of drug-likeness (QED) is 0.764. The second-order valence-corrected chi connectivity index (χ2v) is 6.76. The number of hydrogen-bond donors (Lipinski definition) is 3. The molecule has 7 heteroatoms. The number of anilines is 2. The number of fused-ring (bicyclic) bond motifs is 2. The highest BCUT2D eigenvalue weighted by atomic mass is 16.5. The topological polar surface area (TPSA) is 108 Å². The highest BCUT2D eigenvalue weighted by molar-refractivity contribution is 5.91. The standard InChI is InChI=1S/C18H23N5O2/c1-25-15-4-2-3-11-12(7-8-21-16(11)15)18(24)23-17(20)13-6-5-10(19)9-14(13)22-23/h2-4,10,12,21H,5-9,19-20H2,1H3/t10?,12-/m0/s1. The van der Waals surface area contributed by atoms with E-state index >= 15 is 0 Å². The molecule has 1 aliphatic heterocycles. The minimum Gasteiger partial charge on any atom is -0.495 e. The van der Waals surface area contributed by atoms with Crippen molar-refractivity contribution < 1.29 is 9.53 Å². The van der Waals surface area contributed by atoms with Crippen molar-refractivity contribution in [2.45, 2.75) is 37.6 Å². The number of rotatable bonds is 2. The third-order valence-corrected chi connectivity index (χ3v) is 5.22. The maximum absolute atomic E-state index is 13.2. The minimum absolute atomic E-state index is 0.0866. The van der Waals surface area contributed by atoms with Crippen molar-refractivity contribution in [2.24, 2.45) is 5.73 Å². The monoisotopic (exact) mass is 341 g/mol. The number of para-hydroxylation sites is 1. The number of aromatic nitrogens is 2. The molecule has 0 bridgehead atoms. The van der Waals surface area contributed by atoms with E-state index < -0.39 is 0 Å². The summed E-state index contributed by atoms with van der Waals surface area (Å²) >= 11 is 0. The van der Waals surface area contributed by atoms with Gasteiger partial charge in [0.05, 0.1) is 24.4 Å². The number of carbonyl (C=O) groups excluding carboxylic acids is 1. The summed E-state index contributed by atoms with van der Waals surface area (Å²) in [6.07, 6.45) is 3.04. The Kier molecular flexibility index (Phi) is 3.88. The van der Waals surface area contributed by atoms with Crippen LogP contribution in [0.25, 0.3) is 0 Å². The van der Waals surface area contributed by atoms with Crippen molar-refractivity contribution >= 4 is 17.4 Å². The van der Waals surface area contributed by atoms with Crippen LogP contribution >= 0.6 is 0 Å². The van der Waals surface area contributed by atoms with Crippen LogP contribution in [0.3, 0.4) is 0 Å². The van der Waals surface area contributed by atoms with E-state index in [0.29, 0.717) is 25.2 Å². The maximum atomic E-state index is 13.2. The molecule has 1 aromatic heterocycles. The molecule has 2 atom stereocenters. The molecule has 0 spiro atoms. The Morgan fingerprint density at radius 2 is 2.24 bits per heavy atom. The van der Waals surface area contributed by atoms with Gasteiger partial charge in [0.1, 0.15) is 11.6 Å². The zero-order valence-electron chi connectivity index (χ0n) is 14.3. The van der Waals surface area contributed by atoms with E-state index in [1.165, 1.54) is 4.68 Å². The van der Waals surface area contributed by atoms with Gasteiger partial charge in [-0.1, -0.05) is 12.1 Å². The summed E-state index contributed by atoms with van der Waals surface area (Å²) in [5.41, 5.74) is 15.9. The molecule has 1 aliphatic carbocycles. The molecular weight excluding hydrogens is 318 g/mol. The van der Waals surface area contributed by atoms with Crippen molar-refractivity contribution in [3.8, 4) is 5.75 Å². The molecule has 7 nitrogen and oxygen atoms in total. The predicted octanol–water partition coefficient (Wildman–Crippen LogP) is 1.53. The lowest BCUT2D eigenvalue weighted by atomic mass is 9.90. The van der Waals surface area contributed by atoms with Crippen molar-refractivity contribution in [1.82, 2.24) is 9.78 Å². The van der Waals surface area contributed by atoms with Crippen LogP contribution in [0.5, 0.6) is 5.75 Å². The molecule has 0 radical (unpaired) electrons. The number of benzene rings is 1. The van der Waals surface area contributed by atoms with Crippen LogP contribution in [0.1, 0.15) is 40.4 Å². The summed E-state index contributed by atoms with van der Waals surface area (Å²) in [4.78, 5) is 13.2. The molecular formula is C18H23N5O2. The Balaban J connectivity index is 1.72. The molecule has 0 saturated heterocycles. The summed E-state index contributed by atoms with van der Waals surface area (Å²) in [6.45, 7) is 0.704. The summed E-state index contributed by atoms with van der Waals surface area (Å²) in [7, 11) is 1.63. The molecule has 2 heterocycles. The SMILES string of the molecule is COc1cccc2c1NCC[C@@H]2C(=O)n1nc2c(c1N)CCC(N)C2. The molecule has 0 saturated carbocycles. The average molecular weight is 341 g/mol. The van der Waals surface area contributed by atoms with Crippen molar-refractivity contribution in [3.05, 3.63) is 35.0 Å². The third-order valence-electron chi connectivity index (χ3n) is 5.22. The number of methoxy groups -OCH3 is 1. The van der Waals surface area contributed by atoms with Gasteiger partial charge < -0.3 is 21.5 Å². The largest absolute Gasteiger partial charge is 0.495 e. The lowest BCUT2D eigenvalue weighted by Crippen LogP contribution is -2.29. The van der Waals surface area contributed by atoms with Gasteiger partial charge in [-0.3, -0.25) is 4.79 Å². The van der Waals surface area contributed by atoms with Crippen LogP contribution in [-0.4, -0.2) is 35.4 Å². The second-order valence-electron chi connectivity index (χ2n) is 6.76.